The van der Waals surface area contributed by atoms with Gasteiger partial charge < -0.3 is 5.32 Å². The normalized spacial score (nSPS) is 10.6. The summed E-state index contributed by atoms with van der Waals surface area (Å²) in [5.41, 5.74) is 2.23. The minimum absolute atomic E-state index is 0.783. The Hall–Kier alpha value is -0.910. The molecule has 3 nitrogen and oxygen atoms in total. The number of nitrogens with one attached hydrogen (secondary N) is 1. The van der Waals surface area contributed by atoms with E-state index in [1.54, 1.807) is 18.0 Å². The molecule has 18 heavy (non-hydrogen) atoms. The Labute approximate surface area is 120 Å². The smallest absolute Gasteiger partial charge is 0.192 e. The van der Waals surface area contributed by atoms with Gasteiger partial charge in [-0.15, -0.1) is 0 Å². The van der Waals surface area contributed by atoms with E-state index >= 15 is 0 Å². The van der Waals surface area contributed by atoms with Gasteiger partial charge in [0.1, 0.15) is 0 Å². The summed E-state index contributed by atoms with van der Waals surface area (Å²) in [7, 11) is 1.94. The molecule has 0 unspecified atom stereocenters. The Kier molecular flexibility index (Phi) is 4.74. The van der Waals surface area contributed by atoms with Gasteiger partial charge in [0.25, 0.3) is 0 Å². The molecule has 1 aromatic carbocycles. The number of hydrogen-bond donors (Lipinski definition) is 1. The first-order chi connectivity index (χ1) is 8.69. The average molecular weight is 324 g/mol. The van der Waals surface area contributed by atoms with Crippen LogP contribution >= 0.6 is 27.7 Å². The molecule has 0 aliphatic heterocycles. The summed E-state index contributed by atoms with van der Waals surface area (Å²) < 4.78 is 1.07. The van der Waals surface area contributed by atoms with Gasteiger partial charge in [-0.3, -0.25) is 0 Å². The van der Waals surface area contributed by atoms with Crippen LogP contribution in [0.4, 0.5) is 0 Å². The summed E-state index contributed by atoms with van der Waals surface area (Å²) in [6.07, 6.45) is 1.79. The monoisotopic (exact) mass is 323 g/mol. The van der Waals surface area contributed by atoms with E-state index in [0.29, 0.717) is 0 Å². The zero-order valence-corrected chi connectivity index (χ0v) is 12.7. The summed E-state index contributed by atoms with van der Waals surface area (Å²) in [4.78, 5) is 9.87. The molecular formula is C13H14BrN3S. The number of aryl methyl sites for hydroxylation is 1. The highest BCUT2D eigenvalue weighted by atomic mass is 79.9. The van der Waals surface area contributed by atoms with Crippen molar-refractivity contribution in [2.24, 2.45) is 0 Å². The van der Waals surface area contributed by atoms with Crippen LogP contribution in [0.15, 0.2) is 45.0 Å². The summed E-state index contributed by atoms with van der Waals surface area (Å²) >= 11 is 5.09. The van der Waals surface area contributed by atoms with Crippen LogP contribution in [0.3, 0.4) is 0 Å². The first kappa shape index (κ1) is 13.5. The highest BCUT2D eigenvalue weighted by molar-refractivity contribution is 9.10. The third kappa shape index (κ3) is 3.54. The molecule has 0 aliphatic rings. The van der Waals surface area contributed by atoms with Crippen molar-refractivity contribution >= 4 is 27.7 Å². The molecule has 5 heteroatoms. The minimum atomic E-state index is 0.783. The quantitative estimate of drug-likeness (QED) is 0.875. The SMILES string of the molecule is CNCc1ccc(Br)cc1Sc1nccc(C)n1. The molecule has 0 atom stereocenters. The molecule has 0 amide bonds. The van der Waals surface area contributed by atoms with Crippen LogP contribution in [0.5, 0.6) is 0 Å². The Morgan fingerprint density at radius 1 is 1.33 bits per heavy atom. The maximum atomic E-state index is 4.42. The third-order valence-corrected chi connectivity index (χ3v) is 3.84. The lowest BCUT2D eigenvalue weighted by Gasteiger charge is -2.08. The van der Waals surface area contributed by atoms with Crippen molar-refractivity contribution < 1.29 is 0 Å². The fraction of sp³-hybridized carbons (Fsp3) is 0.231. The summed E-state index contributed by atoms with van der Waals surface area (Å²) in [6, 6.07) is 8.16. The number of rotatable bonds is 4. The van der Waals surface area contributed by atoms with Gasteiger partial charge in [-0.2, -0.15) is 0 Å². The summed E-state index contributed by atoms with van der Waals surface area (Å²) in [5, 5.41) is 3.95. The van der Waals surface area contributed by atoms with Crippen LogP contribution in [-0.4, -0.2) is 17.0 Å². The highest BCUT2D eigenvalue weighted by Gasteiger charge is 2.07. The molecule has 0 saturated carbocycles. The molecule has 0 aliphatic carbocycles. The molecule has 0 bridgehead atoms. The van der Waals surface area contributed by atoms with Gasteiger partial charge in [0, 0.05) is 27.8 Å². The number of benzene rings is 1. The molecule has 0 radical (unpaired) electrons. The zero-order chi connectivity index (χ0) is 13.0. The largest absolute Gasteiger partial charge is 0.316 e. The fourth-order valence-corrected chi connectivity index (χ4v) is 3.00. The molecule has 1 aromatic heterocycles. The first-order valence-electron chi connectivity index (χ1n) is 5.59. The number of hydrogen-bond acceptors (Lipinski definition) is 4. The molecular weight excluding hydrogens is 310 g/mol. The summed E-state index contributed by atoms with van der Waals surface area (Å²) in [6.45, 7) is 2.81. The van der Waals surface area contributed by atoms with Crippen molar-refractivity contribution in [2.75, 3.05) is 7.05 Å². The Balaban J connectivity index is 2.29. The number of nitrogens with zero attached hydrogens (tertiary/aromatic N) is 2. The van der Waals surface area contributed by atoms with Crippen molar-refractivity contribution in [2.45, 2.75) is 23.5 Å². The van der Waals surface area contributed by atoms with E-state index in [9.17, 15) is 0 Å². The summed E-state index contributed by atoms with van der Waals surface area (Å²) in [5.74, 6) is 0. The maximum Gasteiger partial charge on any atom is 0.192 e. The number of aromatic nitrogens is 2. The second kappa shape index (κ2) is 6.31. The van der Waals surface area contributed by atoms with Crippen LogP contribution in [0.25, 0.3) is 0 Å². The molecule has 1 heterocycles. The van der Waals surface area contributed by atoms with Crippen molar-refractivity contribution in [1.82, 2.24) is 15.3 Å². The van der Waals surface area contributed by atoms with Gasteiger partial charge in [-0.1, -0.05) is 22.0 Å². The highest BCUT2D eigenvalue weighted by Crippen LogP contribution is 2.30. The lowest BCUT2D eigenvalue weighted by Crippen LogP contribution is -2.06. The maximum absolute atomic E-state index is 4.42. The van der Waals surface area contributed by atoms with Gasteiger partial charge in [-0.05, 0) is 49.5 Å². The second-order valence-corrected chi connectivity index (χ2v) is 5.79. The van der Waals surface area contributed by atoms with Gasteiger partial charge in [-0.25, -0.2) is 9.97 Å². The Morgan fingerprint density at radius 2 is 2.17 bits per heavy atom. The molecule has 2 aromatic rings. The van der Waals surface area contributed by atoms with Gasteiger partial charge in [0.05, 0.1) is 0 Å². The second-order valence-electron chi connectivity index (χ2n) is 3.87. The predicted octanol–water partition coefficient (Wildman–Crippen LogP) is 3.42. The predicted molar refractivity (Wildman–Crippen MR) is 77.8 cm³/mol. The van der Waals surface area contributed by atoms with Crippen molar-refractivity contribution in [1.29, 1.82) is 0 Å². The van der Waals surface area contributed by atoms with Gasteiger partial charge in [0.2, 0.25) is 0 Å². The van der Waals surface area contributed by atoms with Crippen LogP contribution in [-0.2, 0) is 6.54 Å². The van der Waals surface area contributed by atoms with Crippen molar-refractivity contribution in [3.63, 3.8) is 0 Å². The molecule has 2 rings (SSSR count). The Bertz CT molecular complexity index is 546. The molecule has 0 spiro atoms. The van der Waals surface area contributed by atoms with Gasteiger partial charge in [0.15, 0.2) is 5.16 Å². The van der Waals surface area contributed by atoms with E-state index in [0.717, 1.165) is 21.9 Å². The van der Waals surface area contributed by atoms with E-state index in [1.807, 2.05) is 26.1 Å². The lowest BCUT2D eigenvalue weighted by molar-refractivity contribution is 0.802. The van der Waals surface area contributed by atoms with Crippen LogP contribution in [0.1, 0.15) is 11.3 Å². The number of halogens is 1. The van der Waals surface area contributed by atoms with Crippen molar-refractivity contribution in [3.8, 4) is 0 Å². The minimum Gasteiger partial charge on any atom is -0.316 e. The van der Waals surface area contributed by atoms with E-state index in [4.69, 9.17) is 0 Å². The molecule has 0 saturated heterocycles. The molecule has 0 fully saturated rings. The Morgan fingerprint density at radius 3 is 2.89 bits per heavy atom. The van der Waals surface area contributed by atoms with Crippen molar-refractivity contribution in [3.05, 3.63) is 46.2 Å². The lowest BCUT2D eigenvalue weighted by atomic mass is 10.2. The topological polar surface area (TPSA) is 37.8 Å². The standard InChI is InChI=1S/C13H14BrN3S/c1-9-5-6-16-13(17-9)18-12-7-11(14)4-3-10(12)8-15-2/h3-7,15H,8H2,1-2H3. The fourth-order valence-electron chi connectivity index (χ4n) is 1.53. The third-order valence-electron chi connectivity index (χ3n) is 2.37. The van der Waals surface area contributed by atoms with Crippen LogP contribution in [0, 0.1) is 6.92 Å². The molecule has 1 N–H and O–H groups in total. The average Bonchev–Trinajstić information content (AvgIpc) is 2.33. The van der Waals surface area contributed by atoms with E-state index in [2.05, 4.69) is 43.3 Å². The van der Waals surface area contributed by atoms with E-state index < -0.39 is 0 Å². The molecule has 94 valence electrons. The van der Waals surface area contributed by atoms with Gasteiger partial charge >= 0.3 is 0 Å². The van der Waals surface area contributed by atoms with E-state index in [1.165, 1.54) is 10.5 Å². The first-order valence-corrected chi connectivity index (χ1v) is 7.20. The zero-order valence-electron chi connectivity index (χ0n) is 10.3. The van der Waals surface area contributed by atoms with E-state index in [-0.39, 0.29) is 0 Å². The van der Waals surface area contributed by atoms with Crippen LogP contribution < -0.4 is 5.32 Å². The van der Waals surface area contributed by atoms with Crippen LogP contribution in [0.2, 0.25) is 0 Å².